The summed E-state index contributed by atoms with van der Waals surface area (Å²) < 4.78 is 1.60. The number of carbonyl (C=O) groups excluding carboxylic acids is 1. The number of hydrogen-bond donors (Lipinski definition) is 2. The molecule has 2 aromatic rings. The molecule has 2 rings (SSSR count). The van der Waals surface area contributed by atoms with Gasteiger partial charge in [-0.3, -0.25) is 14.3 Å². The number of benzene rings is 1. The van der Waals surface area contributed by atoms with Crippen LogP contribution in [0.25, 0.3) is 0 Å². The van der Waals surface area contributed by atoms with E-state index in [1.54, 1.807) is 17.1 Å². The Balaban J connectivity index is 1.81. The summed E-state index contributed by atoms with van der Waals surface area (Å²) in [5.41, 5.74) is 1.68. The Labute approximate surface area is 131 Å². The van der Waals surface area contributed by atoms with E-state index in [9.17, 15) is 9.59 Å². The number of carboxylic acids is 1. The molecular formula is C14H16N4O3S. The van der Waals surface area contributed by atoms with Gasteiger partial charge >= 0.3 is 5.97 Å². The van der Waals surface area contributed by atoms with Crippen LogP contribution >= 0.6 is 11.8 Å². The van der Waals surface area contributed by atoms with E-state index in [4.69, 9.17) is 5.11 Å². The van der Waals surface area contributed by atoms with Crippen LogP contribution in [0.1, 0.15) is 12.0 Å². The summed E-state index contributed by atoms with van der Waals surface area (Å²) in [7, 11) is 0. The number of carboxylic acid groups (broad SMARTS) is 1. The van der Waals surface area contributed by atoms with Gasteiger partial charge in [0.05, 0.1) is 12.3 Å². The summed E-state index contributed by atoms with van der Waals surface area (Å²) in [5.74, 6) is -0.280. The van der Waals surface area contributed by atoms with Crippen LogP contribution in [0, 0.1) is 0 Å². The van der Waals surface area contributed by atoms with Crippen molar-refractivity contribution in [2.24, 2.45) is 0 Å². The first-order valence-corrected chi connectivity index (χ1v) is 7.79. The Morgan fingerprint density at radius 3 is 2.95 bits per heavy atom. The second-order valence-corrected chi connectivity index (χ2v) is 5.53. The molecular weight excluding hydrogens is 304 g/mol. The molecule has 0 unspecified atom stereocenters. The SMILES string of the molecule is O=C(O)CSCc1cccc(NC(=O)CCn2cncn2)c1. The molecule has 116 valence electrons. The summed E-state index contributed by atoms with van der Waals surface area (Å²) in [6, 6.07) is 7.39. The van der Waals surface area contributed by atoms with E-state index in [1.807, 2.05) is 18.2 Å². The fourth-order valence-corrected chi connectivity index (χ4v) is 2.47. The largest absolute Gasteiger partial charge is 0.481 e. The number of amides is 1. The fourth-order valence-electron chi connectivity index (χ4n) is 1.78. The van der Waals surface area contributed by atoms with Gasteiger partial charge in [-0.2, -0.15) is 5.10 Å². The number of nitrogens with zero attached hydrogens (tertiary/aromatic N) is 3. The van der Waals surface area contributed by atoms with E-state index in [0.29, 0.717) is 24.4 Å². The van der Waals surface area contributed by atoms with Crippen molar-refractivity contribution < 1.29 is 14.7 Å². The molecule has 0 aliphatic heterocycles. The predicted octanol–water partition coefficient (Wildman–Crippen LogP) is 1.62. The van der Waals surface area contributed by atoms with Gasteiger partial charge in [0.15, 0.2) is 0 Å². The average Bonchev–Trinajstić information content (AvgIpc) is 2.98. The van der Waals surface area contributed by atoms with Crippen molar-refractivity contribution in [2.75, 3.05) is 11.1 Å². The maximum absolute atomic E-state index is 11.9. The van der Waals surface area contributed by atoms with Crippen molar-refractivity contribution >= 4 is 29.3 Å². The van der Waals surface area contributed by atoms with E-state index in [2.05, 4.69) is 15.4 Å². The lowest BCUT2D eigenvalue weighted by Crippen LogP contribution is -2.14. The zero-order chi connectivity index (χ0) is 15.8. The number of aryl methyl sites for hydroxylation is 1. The Morgan fingerprint density at radius 1 is 1.36 bits per heavy atom. The molecule has 7 nitrogen and oxygen atoms in total. The lowest BCUT2D eigenvalue weighted by molar-refractivity contribution is -0.133. The van der Waals surface area contributed by atoms with Gasteiger partial charge in [-0.25, -0.2) is 4.98 Å². The summed E-state index contributed by atoms with van der Waals surface area (Å²) >= 11 is 1.32. The molecule has 0 atom stereocenters. The van der Waals surface area contributed by atoms with Crippen molar-refractivity contribution in [3.05, 3.63) is 42.5 Å². The molecule has 22 heavy (non-hydrogen) atoms. The number of thioether (sulfide) groups is 1. The maximum Gasteiger partial charge on any atom is 0.313 e. The predicted molar refractivity (Wildman–Crippen MR) is 83.5 cm³/mol. The van der Waals surface area contributed by atoms with Crippen LogP contribution in [0.3, 0.4) is 0 Å². The monoisotopic (exact) mass is 320 g/mol. The van der Waals surface area contributed by atoms with Crippen molar-refractivity contribution in [1.82, 2.24) is 14.8 Å². The number of anilines is 1. The topological polar surface area (TPSA) is 97.1 Å². The fraction of sp³-hybridized carbons (Fsp3) is 0.286. The van der Waals surface area contributed by atoms with Gasteiger partial charge in [0.1, 0.15) is 12.7 Å². The zero-order valence-corrected chi connectivity index (χ0v) is 12.6. The highest BCUT2D eigenvalue weighted by atomic mass is 32.2. The maximum atomic E-state index is 11.9. The molecule has 0 fully saturated rings. The first-order valence-electron chi connectivity index (χ1n) is 6.64. The van der Waals surface area contributed by atoms with Crippen LogP contribution in [0.5, 0.6) is 0 Å². The van der Waals surface area contributed by atoms with Gasteiger partial charge in [-0.1, -0.05) is 12.1 Å². The Kier molecular flexibility index (Phi) is 5.96. The van der Waals surface area contributed by atoms with Gasteiger partial charge in [-0.15, -0.1) is 11.8 Å². The van der Waals surface area contributed by atoms with Crippen molar-refractivity contribution in [2.45, 2.75) is 18.7 Å². The summed E-state index contributed by atoms with van der Waals surface area (Å²) in [5, 5.41) is 15.4. The van der Waals surface area contributed by atoms with Gasteiger partial charge < -0.3 is 10.4 Å². The van der Waals surface area contributed by atoms with Crippen molar-refractivity contribution in [1.29, 1.82) is 0 Å². The van der Waals surface area contributed by atoms with E-state index in [1.165, 1.54) is 18.1 Å². The Hall–Kier alpha value is -2.35. The van der Waals surface area contributed by atoms with E-state index < -0.39 is 5.97 Å². The Bertz CT molecular complexity index is 631. The van der Waals surface area contributed by atoms with Crippen molar-refractivity contribution in [3.8, 4) is 0 Å². The summed E-state index contributed by atoms with van der Waals surface area (Å²) in [6.07, 6.45) is 3.30. The van der Waals surface area contributed by atoms with E-state index >= 15 is 0 Å². The molecule has 0 aliphatic carbocycles. The minimum atomic E-state index is -0.831. The molecule has 0 saturated carbocycles. The molecule has 8 heteroatoms. The third-order valence-electron chi connectivity index (χ3n) is 2.74. The minimum absolute atomic E-state index is 0.0640. The molecule has 0 radical (unpaired) electrons. The average molecular weight is 320 g/mol. The number of rotatable bonds is 8. The molecule has 0 saturated heterocycles. The van der Waals surface area contributed by atoms with Crippen molar-refractivity contribution in [3.63, 3.8) is 0 Å². The molecule has 2 N–H and O–H groups in total. The van der Waals surface area contributed by atoms with Crippen LogP contribution in [0.2, 0.25) is 0 Å². The number of aromatic nitrogens is 3. The van der Waals surface area contributed by atoms with Crippen LogP contribution in [-0.4, -0.2) is 37.5 Å². The highest BCUT2D eigenvalue weighted by molar-refractivity contribution is 7.99. The quantitative estimate of drug-likeness (QED) is 0.767. The molecule has 1 aromatic carbocycles. The number of nitrogens with one attached hydrogen (secondary N) is 1. The van der Waals surface area contributed by atoms with Crippen LogP contribution < -0.4 is 5.32 Å². The highest BCUT2D eigenvalue weighted by Crippen LogP contribution is 2.16. The van der Waals surface area contributed by atoms with E-state index in [0.717, 1.165) is 5.56 Å². The lowest BCUT2D eigenvalue weighted by Gasteiger charge is -2.07. The molecule has 1 amide bonds. The smallest absolute Gasteiger partial charge is 0.313 e. The third kappa shape index (κ3) is 5.57. The molecule has 0 spiro atoms. The summed E-state index contributed by atoms with van der Waals surface area (Å²) in [6.45, 7) is 0.472. The Morgan fingerprint density at radius 2 is 2.23 bits per heavy atom. The van der Waals surface area contributed by atoms with Gasteiger partial charge in [-0.05, 0) is 17.7 Å². The normalized spacial score (nSPS) is 10.4. The lowest BCUT2D eigenvalue weighted by atomic mass is 10.2. The highest BCUT2D eigenvalue weighted by Gasteiger charge is 2.05. The van der Waals surface area contributed by atoms with Gasteiger partial charge in [0.2, 0.25) is 5.91 Å². The molecule has 1 heterocycles. The molecule has 0 bridgehead atoms. The summed E-state index contributed by atoms with van der Waals surface area (Å²) in [4.78, 5) is 26.2. The van der Waals surface area contributed by atoms with Crippen LogP contribution in [0.4, 0.5) is 5.69 Å². The standard InChI is InChI=1S/C14H16N4O3S/c19-13(4-5-18-10-15-9-16-18)17-12-3-1-2-11(6-12)7-22-8-14(20)21/h1-3,6,9-10H,4-5,7-8H2,(H,17,19)(H,20,21). The van der Waals surface area contributed by atoms with Crippen LogP contribution in [-0.2, 0) is 21.9 Å². The number of carbonyl (C=O) groups is 2. The second-order valence-electron chi connectivity index (χ2n) is 4.54. The van der Waals surface area contributed by atoms with Crippen LogP contribution in [0.15, 0.2) is 36.9 Å². The number of hydrogen-bond acceptors (Lipinski definition) is 5. The van der Waals surface area contributed by atoms with Gasteiger partial charge in [0, 0.05) is 17.9 Å². The minimum Gasteiger partial charge on any atom is -0.481 e. The molecule has 1 aromatic heterocycles. The second kappa shape index (κ2) is 8.18. The first-order chi connectivity index (χ1) is 10.6. The third-order valence-corrected chi connectivity index (χ3v) is 3.73. The number of aliphatic carboxylic acids is 1. The molecule has 0 aliphatic rings. The van der Waals surface area contributed by atoms with Gasteiger partial charge in [0.25, 0.3) is 0 Å². The zero-order valence-electron chi connectivity index (χ0n) is 11.8. The first kappa shape index (κ1) is 16.0. The van der Waals surface area contributed by atoms with E-state index in [-0.39, 0.29) is 11.7 Å².